The molecular formula is C24H32O9. The molecular weight excluding hydrogens is 432 g/mol. The van der Waals surface area contributed by atoms with Crippen molar-refractivity contribution in [3.63, 3.8) is 0 Å². The van der Waals surface area contributed by atoms with E-state index in [9.17, 15) is 19.5 Å². The number of aliphatic hydroxyl groups is 1. The van der Waals surface area contributed by atoms with Crippen molar-refractivity contribution in [3.8, 4) is 5.75 Å². The summed E-state index contributed by atoms with van der Waals surface area (Å²) in [5.74, 6) is -1.62. The van der Waals surface area contributed by atoms with Crippen molar-refractivity contribution in [2.75, 3.05) is 7.11 Å². The van der Waals surface area contributed by atoms with E-state index in [4.69, 9.17) is 24.1 Å². The number of carboxylic acids is 1. The second kappa shape index (κ2) is 14.8. The highest BCUT2D eigenvalue weighted by Gasteiger charge is 2.21. The van der Waals surface area contributed by atoms with Crippen LogP contribution in [0.4, 0.5) is 0 Å². The molecule has 1 aromatic carbocycles. The number of rotatable bonds is 14. The number of hydrogen-bond acceptors (Lipinski definition) is 8. The number of hydrogen-bond donors (Lipinski definition) is 2. The molecule has 1 aromatic rings. The van der Waals surface area contributed by atoms with E-state index in [1.54, 1.807) is 33.1 Å². The van der Waals surface area contributed by atoms with Crippen LogP contribution in [-0.2, 0) is 35.2 Å². The Balaban J connectivity index is 2.78. The number of carboxylic acid groups (broad SMARTS) is 1. The van der Waals surface area contributed by atoms with Crippen LogP contribution in [0.2, 0.25) is 0 Å². The topological polar surface area (TPSA) is 129 Å². The molecule has 2 N–H and O–H groups in total. The fraction of sp³-hybridized carbons (Fsp3) is 0.458. The molecule has 33 heavy (non-hydrogen) atoms. The summed E-state index contributed by atoms with van der Waals surface area (Å²) < 4.78 is 21.5. The Kier molecular flexibility index (Phi) is 12.5. The maximum Gasteiger partial charge on any atom is 0.330 e. The van der Waals surface area contributed by atoms with Gasteiger partial charge in [-0.2, -0.15) is 0 Å². The minimum atomic E-state index is -1.08. The highest BCUT2D eigenvalue weighted by Crippen LogP contribution is 2.15. The molecule has 0 spiro atoms. The number of carbonyl (C=O) groups is 3. The van der Waals surface area contributed by atoms with E-state index in [-0.39, 0.29) is 19.4 Å². The minimum absolute atomic E-state index is 0.164. The fourth-order valence-electron chi connectivity index (χ4n) is 2.65. The van der Waals surface area contributed by atoms with Gasteiger partial charge in [0.2, 0.25) is 0 Å². The predicted molar refractivity (Wildman–Crippen MR) is 120 cm³/mol. The molecule has 1 rings (SSSR count). The van der Waals surface area contributed by atoms with Gasteiger partial charge in [-0.1, -0.05) is 18.2 Å². The van der Waals surface area contributed by atoms with Crippen LogP contribution in [-0.4, -0.2) is 59.6 Å². The third-order valence-corrected chi connectivity index (χ3v) is 4.31. The summed E-state index contributed by atoms with van der Waals surface area (Å²) in [5.41, 5.74) is 0.845. The zero-order chi connectivity index (χ0) is 24.8. The maximum atomic E-state index is 12.1. The first-order valence-electron chi connectivity index (χ1n) is 10.5. The Morgan fingerprint density at radius 3 is 2.27 bits per heavy atom. The number of aliphatic hydroxyl groups excluding tert-OH is 1. The van der Waals surface area contributed by atoms with Crippen LogP contribution in [0.25, 0.3) is 0 Å². The van der Waals surface area contributed by atoms with Gasteiger partial charge in [-0.15, -0.1) is 0 Å². The van der Waals surface area contributed by atoms with Crippen molar-refractivity contribution in [2.45, 2.75) is 64.6 Å². The molecule has 0 aliphatic carbocycles. The van der Waals surface area contributed by atoms with E-state index in [1.165, 1.54) is 25.2 Å². The monoisotopic (exact) mass is 464 g/mol. The number of esters is 2. The van der Waals surface area contributed by atoms with E-state index in [1.807, 2.05) is 12.1 Å². The molecule has 9 heteroatoms. The molecule has 0 amide bonds. The van der Waals surface area contributed by atoms with Crippen molar-refractivity contribution < 1.29 is 43.5 Å². The van der Waals surface area contributed by atoms with Crippen LogP contribution in [0.3, 0.4) is 0 Å². The number of benzene rings is 1. The molecule has 0 bridgehead atoms. The van der Waals surface area contributed by atoms with Crippen LogP contribution in [0.1, 0.15) is 39.2 Å². The third kappa shape index (κ3) is 12.4. The second-order valence-electron chi connectivity index (χ2n) is 7.45. The molecule has 0 fully saturated rings. The summed E-state index contributed by atoms with van der Waals surface area (Å²) in [7, 11) is 1.57. The Morgan fingerprint density at radius 2 is 1.70 bits per heavy atom. The number of methoxy groups -OCH3 is 1. The van der Waals surface area contributed by atoms with Crippen molar-refractivity contribution in [1.29, 1.82) is 0 Å². The molecule has 9 nitrogen and oxygen atoms in total. The predicted octanol–water partition coefficient (Wildman–Crippen LogP) is 2.80. The first kappa shape index (κ1) is 27.9. The lowest BCUT2D eigenvalue weighted by atomic mass is 10.2. The molecule has 0 aromatic heterocycles. The van der Waals surface area contributed by atoms with Crippen molar-refractivity contribution in [1.82, 2.24) is 0 Å². The van der Waals surface area contributed by atoms with E-state index >= 15 is 0 Å². The van der Waals surface area contributed by atoms with Crippen LogP contribution in [0.5, 0.6) is 5.75 Å². The van der Waals surface area contributed by atoms with Crippen LogP contribution >= 0.6 is 0 Å². The Hall–Kier alpha value is -3.17. The normalized spacial score (nSPS) is 15.1. The minimum Gasteiger partial charge on any atom is -0.497 e. The van der Waals surface area contributed by atoms with Gasteiger partial charge in [-0.05, 0) is 44.5 Å². The van der Waals surface area contributed by atoms with Crippen molar-refractivity contribution >= 4 is 17.9 Å². The van der Waals surface area contributed by atoms with Gasteiger partial charge in [0.15, 0.2) is 0 Å². The first-order valence-corrected chi connectivity index (χ1v) is 10.5. The van der Waals surface area contributed by atoms with Gasteiger partial charge in [0.25, 0.3) is 0 Å². The molecule has 0 aliphatic rings. The SMILES string of the molecule is COc1ccc(CO[C@H](/C=C/C(=O)O[C@@H](C)C/C=C/C(=O)O)[C@H](C)OC(=O)C[C@H](C)O)cc1. The Labute approximate surface area is 193 Å². The molecule has 182 valence electrons. The lowest BCUT2D eigenvalue weighted by molar-refractivity contribution is -0.156. The average Bonchev–Trinajstić information content (AvgIpc) is 2.73. The van der Waals surface area contributed by atoms with Crippen LogP contribution in [0, 0.1) is 0 Å². The third-order valence-electron chi connectivity index (χ3n) is 4.31. The zero-order valence-corrected chi connectivity index (χ0v) is 19.3. The fourth-order valence-corrected chi connectivity index (χ4v) is 2.65. The van der Waals surface area contributed by atoms with Crippen molar-refractivity contribution in [2.24, 2.45) is 0 Å². The van der Waals surface area contributed by atoms with Gasteiger partial charge in [0.1, 0.15) is 24.1 Å². The van der Waals surface area contributed by atoms with Crippen molar-refractivity contribution in [3.05, 3.63) is 54.1 Å². The molecule has 4 atom stereocenters. The van der Waals surface area contributed by atoms with Crippen LogP contribution in [0.15, 0.2) is 48.6 Å². The lowest BCUT2D eigenvalue weighted by Gasteiger charge is -2.22. The van der Waals surface area contributed by atoms with E-state index in [2.05, 4.69) is 0 Å². The molecule has 0 aliphatic heterocycles. The smallest absolute Gasteiger partial charge is 0.330 e. The summed E-state index contributed by atoms with van der Waals surface area (Å²) >= 11 is 0. The summed E-state index contributed by atoms with van der Waals surface area (Å²) in [4.78, 5) is 34.6. The molecule has 0 saturated carbocycles. The molecule has 0 radical (unpaired) electrons. The summed E-state index contributed by atoms with van der Waals surface area (Å²) in [6, 6.07) is 7.22. The average molecular weight is 465 g/mol. The van der Waals surface area contributed by atoms with E-state index < -0.39 is 42.3 Å². The standard InChI is InChI=1S/C24H32O9/c1-16(25)14-24(29)33-18(3)21(31-15-19-8-10-20(30-4)11-9-19)12-13-23(28)32-17(2)6-5-7-22(26)27/h5,7-13,16-18,21,25H,6,14-15H2,1-4H3,(H,26,27)/b7-5+,13-12+/t16-,17-,18-,21+/m0/s1. The van der Waals surface area contributed by atoms with Crippen LogP contribution < -0.4 is 4.74 Å². The quantitative estimate of drug-likeness (QED) is 0.315. The summed E-state index contributed by atoms with van der Waals surface area (Å²) in [6.45, 7) is 4.92. The highest BCUT2D eigenvalue weighted by molar-refractivity contribution is 5.82. The van der Waals surface area contributed by atoms with E-state index in [0.29, 0.717) is 5.75 Å². The first-order chi connectivity index (χ1) is 15.6. The zero-order valence-electron chi connectivity index (χ0n) is 19.3. The largest absolute Gasteiger partial charge is 0.497 e. The molecule has 0 heterocycles. The number of carbonyl (C=O) groups excluding carboxylic acids is 2. The van der Waals surface area contributed by atoms with E-state index in [0.717, 1.165) is 11.6 Å². The lowest BCUT2D eigenvalue weighted by Crippen LogP contribution is -2.31. The van der Waals surface area contributed by atoms with Gasteiger partial charge < -0.3 is 29.2 Å². The van der Waals surface area contributed by atoms with Gasteiger partial charge in [0.05, 0.1) is 26.2 Å². The Bertz CT molecular complexity index is 812. The molecule has 0 unspecified atom stereocenters. The Morgan fingerprint density at radius 1 is 1.03 bits per heavy atom. The second-order valence-corrected chi connectivity index (χ2v) is 7.45. The van der Waals surface area contributed by atoms with Gasteiger partial charge in [0, 0.05) is 18.6 Å². The number of aliphatic carboxylic acids is 1. The highest BCUT2D eigenvalue weighted by atomic mass is 16.6. The van der Waals surface area contributed by atoms with Gasteiger partial charge >= 0.3 is 17.9 Å². The summed E-state index contributed by atoms with van der Waals surface area (Å²) in [6.07, 6.45) is 2.19. The summed E-state index contributed by atoms with van der Waals surface area (Å²) in [5, 5.41) is 18.0. The maximum absolute atomic E-state index is 12.1. The molecule has 0 saturated heterocycles. The van der Waals surface area contributed by atoms with Gasteiger partial charge in [-0.25, -0.2) is 9.59 Å². The van der Waals surface area contributed by atoms with Gasteiger partial charge in [-0.3, -0.25) is 4.79 Å². The number of ether oxygens (including phenoxy) is 4.